The maximum atomic E-state index is 11.7. The Morgan fingerprint density at radius 1 is 1.47 bits per heavy atom. The molecule has 0 radical (unpaired) electrons. The number of amides is 1. The molecule has 6 nitrogen and oxygen atoms in total. The van der Waals surface area contributed by atoms with Gasteiger partial charge in [0.1, 0.15) is 0 Å². The lowest BCUT2D eigenvalue weighted by molar-refractivity contribution is -0.141. The minimum Gasteiger partial charge on any atom is -0.481 e. The van der Waals surface area contributed by atoms with Gasteiger partial charge < -0.3 is 10.0 Å². The molecule has 0 saturated carbocycles. The van der Waals surface area contributed by atoms with Gasteiger partial charge in [0.25, 0.3) is 0 Å². The largest absolute Gasteiger partial charge is 0.481 e. The maximum absolute atomic E-state index is 11.7. The van der Waals surface area contributed by atoms with Crippen LogP contribution >= 0.6 is 23.2 Å². The number of halogens is 2. The van der Waals surface area contributed by atoms with E-state index in [0.29, 0.717) is 5.69 Å². The predicted molar refractivity (Wildman–Crippen MR) is 60.1 cm³/mol. The van der Waals surface area contributed by atoms with E-state index >= 15 is 0 Å². The van der Waals surface area contributed by atoms with Crippen LogP contribution in [0.15, 0.2) is 6.07 Å². The topological polar surface area (TPSA) is 83.4 Å². The highest BCUT2D eigenvalue weighted by Gasteiger charge is 2.36. The fourth-order valence-electron chi connectivity index (χ4n) is 1.64. The third-order valence-corrected chi connectivity index (χ3v) is 2.92. The minimum absolute atomic E-state index is 0.0220. The molecule has 2 rings (SSSR count). The smallest absolute Gasteiger partial charge is 0.308 e. The number of carbonyl (C=O) groups excluding carboxylic acids is 1. The predicted octanol–water partition coefficient (Wildman–Crippen LogP) is 1.22. The fourth-order valence-corrected chi connectivity index (χ4v) is 1.97. The minimum atomic E-state index is -1.01. The molecule has 1 amide bonds. The van der Waals surface area contributed by atoms with Gasteiger partial charge in [0, 0.05) is 19.0 Å². The van der Waals surface area contributed by atoms with Gasteiger partial charge in [-0.3, -0.25) is 9.59 Å². The Hall–Kier alpha value is -1.40. The van der Waals surface area contributed by atoms with Gasteiger partial charge in [-0.05, 0) is 0 Å². The van der Waals surface area contributed by atoms with Crippen molar-refractivity contribution in [2.75, 3.05) is 11.4 Å². The van der Waals surface area contributed by atoms with Crippen molar-refractivity contribution in [1.82, 2.24) is 10.2 Å². The number of carboxylic acids is 1. The maximum Gasteiger partial charge on any atom is 0.308 e. The second kappa shape index (κ2) is 4.46. The SMILES string of the molecule is O=C(O)C1CC(=O)N(c2cc(Cl)nnc2Cl)C1. The number of anilines is 1. The molecule has 0 aromatic carbocycles. The highest BCUT2D eigenvalue weighted by molar-refractivity contribution is 6.34. The molecule has 8 heteroatoms. The van der Waals surface area contributed by atoms with E-state index < -0.39 is 11.9 Å². The summed E-state index contributed by atoms with van der Waals surface area (Å²) >= 11 is 11.5. The van der Waals surface area contributed by atoms with Gasteiger partial charge in [0.15, 0.2) is 10.3 Å². The highest BCUT2D eigenvalue weighted by atomic mass is 35.5. The van der Waals surface area contributed by atoms with Crippen molar-refractivity contribution in [3.63, 3.8) is 0 Å². The van der Waals surface area contributed by atoms with Crippen LogP contribution in [0.4, 0.5) is 5.69 Å². The first-order valence-corrected chi connectivity index (χ1v) is 5.46. The monoisotopic (exact) mass is 275 g/mol. The normalized spacial score (nSPS) is 19.8. The third kappa shape index (κ3) is 2.32. The van der Waals surface area contributed by atoms with Crippen LogP contribution in [0.25, 0.3) is 0 Å². The summed E-state index contributed by atoms with van der Waals surface area (Å²) in [5.74, 6) is -2.06. The van der Waals surface area contributed by atoms with Crippen LogP contribution in [-0.4, -0.2) is 33.7 Å². The van der Waals surface area contributed by atoms with Crippen LogP contribution in [-0.2, 0) is 9.59 Å². The number of aliphatic carboxylic acids is 1. The zero-order chi connectivity index (χ0) is 12.6. The van der Waals surface area contributed by atoms with Gasteiger partial charge >= 0.3 is 5.97 Å². The van der Waals surface area contributed by atoms with Crippen molar-refractivity contribution in [3.8, 4) is 0 Å². The van der Waals surface area contributed by atoms with Gasteiger partial charge in [-0.25, -0.2) is 0 Å². The van der Waals surface area contributed by atoms with Crippen LogP contribution in [0.3, 0.4) is 0 Å². The molecule has 1 fully saturated rings. The van der Waals surface area contributed by atoms with Crippen LogP contribution < -0.4 is 4.90 Å². The summed E-state index contributed by atoms with van der Waals surface area (Å²) < 4.78 is 0. The van der Waals surface area contributed by atoms with Crippen molar-refractivity contribution in [2.45, 2.75) is 6.42 Å². The number of aromatic nitrogens is 2. The molecule has 1 atom stereocenters. The van der Waals surface area contributed by atoms with Gasteiger partial charge in [0.05, 0.1) is 11.6 Å². The first-order chi connectivity index (χ1) is 7.99. The molecule has 17 heavy (non-hydrogen) atoms. The number of hydrogen-bond acceptors (Lipinski definition) is 4. The van der Waals surface area contributed by atoms with Crippen LogP contribution in [0.2, 0.25) is 10.3 Å². The Morgan fingerprint density at radius 3 is 2.76 bits per heavy atom. The summed E-state index contributed by atoms with van der Waals surface area (Å²) in [4.78, 5) is 23.7. The summed E-state index contributed by atoms with van der Waals surface area (Å²) in [7, 11) is 0. The van der Waals surface area contributed by atoms with E-state index in [2.05, 4.69) is 10.2 Å². The van der Waals surface area contributed by atoms with Gasteiger partial charge in [-0.1, -0.05) is 23.2 Å². The van der Waals surface area contributed by atoms with E-state index in [1.54, 1.807) is 0 Å². The standard InChI is InChI=1S/C9H7Cl2N3O3/c10-6-2-5(8(11)13-12-6)14-3-4(9(16)17)1-7(14)15/h2,4H,1,3H2,(H,16,17). The summed E-state index contributed by atoms with van der Waals surface area (Å²) in [5.41, 5.74) is 0.292. The molecule has 1 aliphatic heterocycles. The van der Waals surface area contributed by atoms with Crippen LogP contribution in [0, 0.1) is 5.92 Å². The van der Waals surface area contributed by atoms with Crippen molar-refractivity contribution in [1.29, 1.82) is 0 Å². The Balaban J connectivity index is 2.32. The van der Waals surface area contributed by atoms with Crippen molar-refractivity contribution in [3.05, 3.63) is 16.4 Å². The lowest BCUT2D eigenvalue weighted by atomic mass is 10.1. The molecule has 1 saturated heterocycles. The quantitative estimate of drug-likeness (QED) is 0.878. The summed E-state index contributed by atoms with van der Waals surface area (Å²) in [6, 6.07) is 1.39. The zero-order valence-electron chi connectivity index (χ0n) is 8.43. The molecular weight excluding hydrogens is 269 g/mol. The zero-order valence-corrected chi connectivity index (χ0v) is 9.94. The number of nitrogens with zero attached hydrogens (tertiary/aromatic N) is 3. The molecular formula is C9H7Cl2N3O3. The van der Waals surface area contributed by atoms with Crippen molar-refractivity contribution >= 4 is 40.8 Å². The Bertz CT molecular complexity index is 494. The Morgan fingerprint density at radius 2 is 2.18 bits per heavy atom. The van der Waals surface area contributed by atoms with Crippen molar-refractivity contribution < 1.29 is 14.7 Å². The molecule has 1 aliphatic rings. The molecule has 1 aromatic rings. The number of carbonyl (C=O) groups is 2. The number of hydrogen-bond donors (Lipinski definition) is 1. The third-order valence-electron chi connectivity index (χ3n) is 2.47. The lowest BCUT2D eigenvalue weighted by Gasteiger charge is -2.16. The molecule has 0 spiro atoms. The molecule has 90 valence electrons. The molecule has 0 aliphatic carbocycles. The summed E-state index contributed by atoms with van der Waals surface area (Å²) in [6.45, 7) is 0.0654. The van der Waals surface area contributed by atoms with Crippen LogP contribution in [0.1, 0.15) is 6.42 Å². The first-order valence-electron chi connectivity index (χ1n) is 4.71. The Kier molecular flexibility index (Phi) is 3.17. The van der Waals surface area contributed by atoms with Gasteiger partial charge in [-0.2, -0.15) is 0 Å². The second-order valence-corrected chi connectivity index (χ2v) is 4.33. The van der Waals surface area contributed by atoms with E-state index in [1.807, 2.05) is 0 Å². The molecule has 0 bridgehead atoms. The van der Waals surface area contributed by atoms with E-state index in [-0.39, 0.29) is 29.2 Å². The van der Waals surface area contributed by atoms with Gasteiger partial charge in [0.2, 0.25) is 5.91 Å². The molecule has 1 N–H and O–H groups in total. The molecule has 2 heterocycles. The lowest BCUT2D eigenvalue weighted by Crippen LogP contribution is -2.26. The average Bonchev–Trinajstić information content (AvgIpc) is 2.64. The van der Waals surface area contributed by atoms with E-state index in [9.17, 15) is 9.59 Å². The molecule has 1 aromatic heterocycles. The van der Waals surface area contributed by atoms with E-state index in [4.69, 9.17) is 28.3 Å². The van der Waals surface area contributed by atoms with E-state index in [0.717, 1.165) is 0 Å². The van der Waals surface area contributed by atoms with Gasteiger partial charge in [-0.15, -0.1) is 10.2 Å². The Labute approximate surface area is 106 Å². The van der Waals surface area contributed by atoms with Crippen LogP contribution in [0.5, 0.6) is 0 Å². The number of carboxylic acid groups (broad SMARTS) is 1. The second-order valence-electron chi connectivity index (χ2n) is 3.59. The summed E-state index contributed by atoms with van der Waals surface area (Å²) in [5, 5.41) is 16.1. The summed E-state index contributed by atoms with van der Waals surface area (Å²) in [6.07, 6.45) is -0.0500. The highest BCUT2D eigenvalue weighted by Crippen LogP contribution is 2.30. The molecule has 1 unspecified atom stereocenters. The fraction of sp³-hybridized carbons (Fsp3) is 0.333. The van der Waals surface area contributed by atoms with Crippen molar-refractivity contribution in [2.24, 2.45) is 5.92 Å². The number of rotatable bonds is 2. The first kappa shape index (κ1) is 12.1. The average molecular weight is 276 g/mol. The van der Waals surface area contributed by atoms with E-state index in [1.165, 1.54) is 11.0 Å².